The van der Waals surface area contributed by atoms with Crippen molar-refractivity contribution in [3.05, 3.63) is 11.7 Å². The van der Waals surface area contributed by atoms with Gasteiger partial charge in [0.05, 0.1) is 6.54 Å². The van der Waals surface area contributed by atoms with Crippen LogP contribution in [0.15, 0.2) is 4.52 Å². The highest BCUT2D eigenvalue weighted by molar-refractivity contribution is 5.78. The van der Waals surface area contributed by atoms with Crippen molar-refractivity contribution in [1.82, 2.24) is 19.9 Å². The van der Waals surface area contributed by atoms with Gasteiger partial charge in [-0.1, -0.05) is 5.16 Å². The quantitative estimate of drug-likeness (QED) is 0.722. The van der Waals surface area contributed by atoms with Crippen LogP contribution < -0.4 is 0 Å². The third kappa shape index (κ3) is 4.81. The summed E-state index contributed by atoms with van der Waals surface area (Å²) in [6.07, 6.45) is 4.07. The van der Waals surface area contributed by atoms with Crippen LogP contribution in [0, 0.1) is 5.92 Å². The predicted molar refractivity (Wildman–Crippen MR) is 94.2 cm³/mol. The zero-order valence-corrected chi connectivity index (χ0v) is 15.9. The standard InChI is InChI=1S/C18H30N4O4/c1-3-21(12-17-19-16(13-24-2)20-26-17)18(23)14-4-8-22(9-5-14)15-6-10-25-11-7-15/h14-15H,3-13H2,1-2H3. The summed E-state index contributed by atoms with van der Waals surface area (Å²) in [5, 5.41) is 3.86. The molecule has 3 rings (SSSR count). The van der Waals surface area contributed by atoms with Gasteiger partial charge in [0, 0.05) is 38.8 Å². The van der Waals surface area contributed by atoms with E-state index in [0.29, 0.717) is 37.5 Å². The van der Waals surface area contributed by atoms with Gasteiger partial charge in [0.2, 0.25) is 11.8 Å². The highest BCUT2D eigenvalue weighted by atomic mass is 16.5. The van der Waals surface area contributed by atoms with E-state index in [0.717, 1.165) is 52.0 Å². The van der Waals surface area contributed by atoms with Crippen molar-refractivity contribution in [3.8, 4) is 0 Å². The second-order valence-corrected chi connectivity index (χ2v) is 7.04. The SMILES string of the molecule is CCN(Cc1nc(COC)no1)C(=O)C1CCN(C2CCOCC2)CC1. The van der Waals surface area contributed by atoms with Gasteiger partial charge in [0.25, 0.3) is 0 Å². The monoisotopic (exact) mass is 366 g/mol. The molecule has 26 heavy (non-hydrogen) atoms. The van der Waals surface area contributed by atoms with Crippen molar-refractivity contribution in [1.29, 1.82) is 0 Å². The zero-order valence-electron chi connectivity index (χ0n) is 15.9. The molecule has 1 amide bonds. The average Bonchev–Trinajstić information content (AvgIpc) is 3.14. The molecule has 3 heterocycles. The smallest absolute Gasteiger partial charge is 0.246 e. The summed E-state index contributed by atoms with van der Waals surface area (Å²) in [5.41, 5.74) is 0. The van der Waals surface area contributed by atoms with Crippen molar-refractivity contribution in [2.75, 3.05) is 40.0 Å². The number of hydrogen-bond donors (Lipinski definition) is 0. The Balaban J connectivity index is 1.50. The van der Waals surface area contributed by atoms with Crippen LogP contribution in [0.1, 0.15) is 44.3 Å². The fourth-order valence-corrected chi connectivity index (χ4v) is 3.87. The molecule has 1 aromatic heterocycles. The van der Waals surface area contributed by atoms with Crippen LogP contribution in [-0.2, 0) is 27.4 Å². The van der Waals surface area contributed by atoms with E-state index in [1.54, 1.807) is 7.11 Å². The third-order valence-corrected chi connectivity index (χ3v) is 5.39. The van der Waals surface area contributed by atoms with E-state index in [9.17, 15) is 4.79 Å². The van der Waals surface area contributed by atoms with Gasteiger partial charge < -0.3 is 23.8 Å². The van der Waals surface area contributed by atoms with Gasteiger partial charge in [-0.05, 0) is 45.7 Å². The molecule has 0 spiro atoms. The number of likely N-dealkylation sites (tertiary alicyclic amines) is 1. The maximum Gasteiger partial charge on any atom is 0.246 e. The minimum Gasteiger partial charge on any atom is -0.381 e. The predicted octanol–water partition coefficient (Wildman–Crippen LogP) is 1.46. The van der Waals surface area contributed by atoms with E-state index in [1.807, 2.05) is 11.8 Å². The van der Waals surface area contributed by atoms with Crippen LogP contribution >= 0.6 is 0 Å². The number of methoxy groups -OCH3 is 1. The van der Waals surface area contributed by atoms with Gasteiger partial charge in [0.1, 0.15) is 6.61 Å². The van der Waals surface area contributed by atoms with Gasteiger partial charge in [-0.25, -0.2) is 0 Å². The number of nitrogens with zero attached hydrogens (tertiary/aromatic N) is 4. The van der Waals surface area contributed by atoms with E-state index in [4.69, 9.17) is 14.0 Å². The lowest BCUT2D eigenvalue weighted by Crippen LogP contribution is -2.47. The molecule has 8 nitrogen and oxygen atoms in total. The van der Waals surface area contributed by atoms with Crippen LogP contribution in [0.25, 0.3) is 0 Å². The van der Waals surface area contributed by atoms with Gasteiger partial charge in [-0.3, -0.25) is 4.79 Å². The van der Waals surface area contributed by atoms with Gasteiger partial charge in [-0.15, -0.1) is 0 Å². The summed E-state index contributed by atoms with van der Waals surface area (Å²) in [7, 11) is 1.59. The van der Waals surface area contributed by atoms with Crippen LogP contribution in [0.2, 0.25) is 0 Å². The van der Waals surface area contributed by atoms with Crippen LogP contribution in [-0.4, -0.2) is 71.8 Å². The number of carbonyl (C=O) groups excluding carboxylic acids is 1. The molecule has 0 bridgehead atoms. The molecule has 2 aliphatic heterocycles. The molecule has 146 valence electrons. The first-order valence-electron chi connectivity index (χ1n) is 9.62. The summed E-state index contributed by atoms with van der Waals surface area (Å²) in [5.74, 6) is 1.26. The Morgan fingerprint density at radius 2 is 2.00 bits per heavy atom. The number of piperidine rings is 1. The van der Waals surface area contributed by atoms with Crippen molar-refractivity contribution in [3.63, 3.8) is 0 Å². The molecule has 1 aromatic rings. The van der Waals surface area contributed by atoms with Crippen molar-refractivity contribution in [2.24, 2.45) is 5.92 Å². The highest BCUT2D eigenvalue weighted by Crippen LogP contribution is 2.25. The summed E-state index contributed by atoms with van der Waals surface area (Å²) >= 11 is 0. The third-order valence-electron chi connectivity index (χ3n) is 5.39. The first kappa shape index (κ1) is 19.3. The fraction of sp³-hybridized carbons (Fsp3) is 0.833. The minimum absolute atomic E-state index is 0.0902. The van der Waals surface area contributed by atoms with Gasteiger partial charge >= 0.3 is 0 Å². The summed E-state index contributed by atoms with van der Waals surface area (Å²) in [6, 6.07) is 0.625. The Kier molecular flexibility index (Phi) is 6.99. The Morgan fingerprint density at radius 3 is 2.65 bits per heavy atom. The maximum absolute atomic E-state index is 12.9. The van der Waals surface area contributed by atoms with Crippen LogP contribution in [0.4, 0.5) is 0 Å². The van der Waals surface area contributed by atoms with Crippen molar-refractivity contribution >= 4 is 5.91 Å². The molecule has 0 N–H and O–H groups in total. The number of hydrogen-bond acceptors (Lipinski definition) is 7. The zero-order chi connectivity index (χ0) is 18.4. The molecule has 2 aliphatic rings. The first-order chi connectivity index (χ1) is 12.7. The Hall–Kier alpha value is -1.51. The summed E-state index contributed by atoms with van der Waals surface area (Å²) in [4.78, 5) is 21.6. The lowest BCUT2D eigenvalue weighted by molar-refractivity contribution is -0.138. The normalized spacial score (nSPS) is 20.4. The van der Waals surface area contributed by atoms with E-state index >= 15 is 0 Å². The average molecular weight is 366 g/mol. The lowest BCUT2D eigenvalue weighted by Gasteiger charge is -2.39. The molecule has 0 unspecified atom stereocenters. The second kappa shape index (κ2) is 9.43. The fourth-order valence-electron chi connectivity index (χ4n) is 3.87. The maximum atomic E-state index is 12.9. The molecule has 0 atom stereocenters. The van der Waals surface area contributed by atoms with E-state index in [1.165, 1.54) is 0 Å². The first-order valence-corrected chi connectivity index (χ1v) is 9.62. The number of rotatable bonds is 7. The minimum atomic E-state index is 0.0902. The summed E-state index contributed by atoms with van der Waals surface area (Å²) < 4.78 is 15.7. The molecule has 8 heteroatoms. The van der Waals surface area contributed by atoms with Crippen molar-refractivity contribution in [2.45, 2.75) is 51.8 Å². The summed E-state index contributed by atoms with van der Waals surface area (Å²) in [6.45, 7) is 7.03. The molecular weight excluding hydrogens is 336 g/mol. The highest BCUT2D eigenvalue weighted by Gasteiger charge is 2.31. The Bertz CT molecular complexity index is 565. The van der Waals surface area contributed by atoms with E-state index in [-0.39, 0.29) is 11.8 Å². The molecule has 2 fully saturated rings. The number of amides is 1. The second-order valence-electron chi connectivity index (χ2n) is 7.04. The van der Waals surface area contributed by atoms with Crippen molar-refractivity contribution < 1.29 is 18.8 Å². The molecule has 0 saturated carbocycles. The number of carbonyl (C=O) groups is 1. The lowest BCUT2D eigenvalue weighted by atomic mass is 9.93. The van der Waals surface area contributed by atoms with E-state index < -0.39 is 0 Å². The van der Waals surface area contributed by atoms with Gasteiger partial charge in [0.15, 0.2) is 5.82 Å². The molecule has 0 radical (unpaired) electrons. The van der Waals surface area contributed by atoms with Crippen LogP contribution in [0.5, 0.6) is 0 Å². The Morgan fingerprint density at radius 1 is 1.27 bits per heavy atom. The number of ether oxygens (including phenoxy) is 2. The Labute approximate surface area is 154 Å². The molecule has 0 aromatic carbocycles. The van der Waals surface area contributed by atoms with Crippen LogP contribution in [0.3, 0.4) is 0 Å². The van der Waals surface area contributed by atoms with Gasteiger partial charge in [-0.2, -0.15) is 4.98 Å². The van der Waals surface area contributed by atoms with E-state index in [2.05, 4.69) is 15.0 Å². The molecule has 0 aliphatic carbocycles. The molecule has 2 saturated heterocycles. The molecular formula is C18H30N4O4. The number of aromatic nitrogens is 2. The largest absolute Gasteiger partial charge is 0.381 e. The topological polar surface area (TPSA) is 80.9 Å².